The van der Waals surface area contributed by atoms with Gasteiger partial charge in [0.25, 0.3) is 5.91 Å². The van der Waals surface area contributed by atoms with E-state index in [1.807, 2.05) is 0 Å². The number of aromatic hydroxyl groups is 1. The van der Waals surface area contributed by atoms with Crippen LogP contribution in [0.25, 0.3) is 0 Å². The number of phenols is 1. The molecule has 0 aromatic heterocycles. The molecule has 98 valence electrons. The quantitative estimate of drug-likeness (QED) is 0.853. The van der Waals surface area contributed by atoms with E-state index in [0.717, 1.165) is 13.0 Å². The van der Waals surface area contributed by atoms with Crippen LogP contribution in [0.1, 0.15) is 28.8 Å². The number of nitrogens with one attached hydrogen (secondary N) is 1. The van der Waals surface area contributed by atoms with E-state index in [2.05, 4.69) is 17.3 Å². The van der Waals surface area contributed by atoms with Gasteiger partial charge < -0.3 is 15.3 Å². The standard InChI is InChI=1S/C14H20N2O2/c1-10-12(6-3-7-13(10)17)14(18)15-9-11-5-4-8-16(11)2/h3,6-7,11,17H,4-5,8-9H2,1-2H3,(H,15,18). The summed E-state index contributed by atoms with van der Waals surface area (Å²) in [7, 11) is 2.09. The van der Waals surface area contributed by atoms with Crippen LogP contribution in [-0.2, 0) is 0 Å². The van der Waals surface area contributed by atoms with Gasteiger partial charge in [-0.2, -0.15) is 0 Å². The lowest BCUT2D eigenvalue weighted by Gasteiger charge is -2.20. The summed E-state index contributed by atoms with van der Waals surface area (Å²) in [6.07, 6.45) is 2.33. The molecule has 1 aromatic rings. The summed E-state index contributed by atoms with van der Waals surface area (Å²) >= 11 is 0. The predicted octanol–water partition coefficient (Wildman–Crippen LogP) is 1.52. The molecule has 1 unspecified atom stereocenters. The van der Waals surface area contributed by atoms with E-state index in [4.69, 9.17) is 0 Å². The van der Waals surface area contributed by atoms with Gasteiger partial charge in [0.2, 0.25) is 0 Å². The summed E-state index contributed by atoms with van der Waals surface area (Å²) in [4.78, 5) is 14.3. The van der Waals surface area contributed by atoms with Crippen molar-refractivity contribution in [2.24, 2.45) is 0 Å². The fourth-order valence-electron chi connectivity index (χ4n) is 2.41. The molecule has 1 heterocycles. The molecule has 1 amide bonds. The molecular formula is C14H20N2O2. The first-order valence-corrected chi connectivity index (χ1v) is 6.36. The molecule has 0 saturated carbocycles. The molecule has 0 bridgehead atoms. The van der Waals surface area contributed by atoms with Gasteiger partial charge in [0, 0.05) is 23.7 Å². The highest BCUT2D eigenvalue weighted by Crippen LogP contribution is 2.19. The van der Waals surface area contributed by atoms with Crippen molar-refractivity contribution in [3.63, 3.8) is 0 Å². The van der Waals surface area contributed by atoms with Crippen LogP contribution in [0.2, 0.25) is 0 Å². The Kier molecular flexibility index (Phi) is 3.87. The summed E-state index contributed by atoms with van der Waals surface area (Å²) in [6.45, 7) is 3.53. The molecular weight excluding hydrogens is 228 g/mol. The zero-order valence-corrected chi connectivity index (χ0v) is 10.9. The predicted molar refractivity (Wildman–Crippen MR) is 70.8 cm³/mol. The van der Waals surface area contributed by atoms with E-state index in [1.165, 1.54) is 6.42 Å². The molecule has 0 aliphatic carbocycles. The molecule has 1 aliphatic rings. The van der Waals surface area contributed by atoms with Gasteiger partial charge in [-0.1, -0.05) is 6.07 Å². The van der Waals surface area contributed by atoms with Crippen molar-refractivity contribution in [3.05, 3.63) is 29.3 Å². The number of carbonyl (C=O) groups excluding carboxylic acids is 1. The molecule has 18 heavy (non-hydrogen) atoms. The van der Waals surface area contributed by atoms with E-state index >= 15 is 0 Å². The number of nitrogens with zero attached hydrogens (tertiary/aromatic N) is 1. The van der Waals surface area contributed by atoms with Crippen LogP contribution in [0, 0.1) is 6.92 Å². The maximum atomic E-state index is 12.0. The second-order valence-corrected chi connectivity index (χ2v) is 4.94. The summed E-state index contributed by atoms with van der Waals surface area (Å²) < 4.78 is 0. The molecule has 0 spiro atoms. The molecule has 1 aliphatic heterocycles. The number of carbonyl (C=O) groups is 1. The van der Waals surface area contributed by atoms with Crippen molar-refractivity contribution in [2.45, 2.75) is 25.8 Å². The minimum absolute atomic E-state index is 0.108. The van der Waals surface area contributed by atoms with Gasteiger partial charge in [-0.15, -0.1) is 0 Å². The first-order chi connectivity index (χ1) is 8.59. The zero-order valence-electron chi connectivity index (χ0n) is 10.9. The van der Waals surface area contributed by atoms with Gasteiger partial charge in [-0.05, 0) is 45.5 Å². The third kappa shape index (κ3) is 2.64. The highest BCUT2D eigenvalue weighted by molar-refractivity contribution is 5.96. The van der Waals surface area contributed by atoms with Crippen LogP contribution in [0.15, 0.2) is 18.2 Å². The van der Waals surface area contributed by atoms with E-state index < -0.39 is 0 Å². The van der Waals surface area contributed by atoms with Gasteiger partial charge >= 0.3 is 0 Å². The van der Waals surface area contributed by atoms with Crippen molar-refractivity contribution in [2.75, 3.05) is 20.1 Å². The summed E-state index contributed by atoms with van der Waals surface area (Å²) in [5.74, 6) is 0.0596. The van der Waals surface area contributed by atoms with Gasteiger partial charge in [-0.3, -0.25) is 4.79 Å². The molecule has 2 rings (SSSR count). The van der Waals surface area contributed by atoms with Crippen LogP contribution in [0.4, 0.5) is 0 Å². The van der Waals surface area contributed by atoms with Gasteiger partial charge in [-0.25, -0.2) is 0 Å². The van der Waals surface area contributed by atoms with Crippen molar-refractivity contribution in [1.29, 1.82) is 0 Å². The maximum Gasteiger partial charge on any atom is 0.251 e. The van der Waals surface area contributed by atoms with Crippen molar-refractivity contribution in [1.82, 2.24) is 10.2 Å². The largest absolute Gasteiger partial charge is 0.508 e. The third-order valence-corrected chi connectivity index (χ3v) is 3.72. The second kappa shape index (κ2) is 5.40. The minimum Gasteiger partial charge on any atom is -0.508 e. The van der Waals surface area contributed by atoms with E-state index in [0.29, 0.717) is 23.7 Å². The fraction of sp³-hybridized carbons (Fsp3) is 0.500. The monoisotopic (exact) mass is 248 g/mol. The van der Waals surface area contributed by atoms with Crippen molar-refractivity contribution < 1.29 is 9.90 Å². The van der Waals surface area contributed by atoms with Crippen molar-refractivity contribution in [3.8, 4) is 5.75 Å². The Hall–Kier alpha value is -1.55. The summed E-state index contributed by atoms with van der Waals surface area (Å²) in [6, 6.07) is 5.46. The Morgan fingerprint density at radius 2 is 2.33 bits per heavy atom. The molecule has 4 heteroatoms. The highest BCUT2D eigenvalue weighted by Gasteiger charge is 2.21. The molecule has 1 saturated heterocycles. The maximum absolute atomic E-state index is 12.0. The Labute approximate surface area is 108 Å². The van der Waals surface area contributed by atoms with E-state index in [-0.39, 0.29) is 11.7 Å². The van der Waals surface area contributed by atoms with Crippen LogP contribution >= 0.6 is 0 Å². The van der Waals surface area contributed by atoms with Crippen LogP contribution in [0.3, 0.4) is 0 Å². The molecule has 1 fully saturated rings. The van der Waals surface area contributed by atoms with Gasteiger partial charge in [0.15, 0.2) is 0 Å². The lowest BCUT2D eigenvalue weighted by Crippen LogP contribution is -2.38. The van der Waals surface area contributed by atoms with Gasteiger partial charge in [0.05, 0.1) is 0 Å². The third-order valence-electron chi connectivity index (χ3n) is 3.72. The average molecular weight is 248 g/mol. The number of amides is 1. The molecule has 1 aromatic carbocycles. The van der Waals surface area contributed by atoms with Gasteiger partial charge in [0.1, 0.15) is 5.75 Å². The number of hydrogen-bond donors (Lipinski definition) is 2. The van der Waals surface area contributed by atoms with Crippen LogP contribution in [0.5, 0.6) is 5.75 Å². The smallest absolute Gasteiger partial charge is 0.251 e. The SMILES string of the molecule is Cc1c(O)cccc1C(=O)NCC1CCCN1C. The highest BCUT2D eigenvalue weighted by atomic mass is 16.3. The van der Waals surface area contributed by atoms with Crippen LogP contribution < -0.4 is 5.32 Å². The van der Waals surface area contributed by atoms with E-state index in [9.17, 15) is 9.90 Å². The number of benzene rings is 1. The number of phenolic OH excluding ortho intramolecular Hbond substituents is 1. The normalized spacial score (nSPS) is 20.0. The zero-order chi connectivity index (χ0) is 13.1. The second-order valence-electron chi connectivity index (χ2n) is 4.94. The lowest BCUT2D eigenvalue weighted by atomic mass is 10.1. The molecule has 0 radical (unpaired) electrons. The number of likely N-dealkylation sites (N-methyl/N-ethyl adjacent to an activating group) is 1. The van der Waals surface area contributed by atoms with Crippen LogP contribution in [-0.4, -0.2) is 42.1 Å². The Morgan fingerprint density at radius 3 is 3.00 bits per heavy atom. The van der Waals surface area contributed by atoms with E-state index in [1.54, 1.807) is 25.1 Å². The average Bonchev–Trinajstić information content (AvgIpc) is 2.75. The summed E-state index contributed by atoms with van der Waals surface area (Å²) in [5.41, 5.74) is 1.19. The topological polar surface area (TPSA) is 52.6 Å². The van der Waals surface area contributed by atoms with Crippen molar-refractivity contribution >= 4 is 5.91 Å². The number of likely N-dealkylation sites (tertiary alicyclic amines) is 1. The first kappa shape index (κ1) is 12.9. The fourth-order valence-corrected chi connectivity index (χ4v) is 2.41. The summed E-state index contributed by atoms with van der Waals surface area (Å²) in [5, 5.41) is 12.5. The Morgan fingerprint density at radius 1 is 1.56 bits per heavy atom. The Balaban J connectivity index is 1.97. The minimum atomic E-state index is -0.108. The molecule has 4 nitrogen and oxygen atoms in total. The Bertz CT molecular complexity index is 445. The molecule has 2 N–H and O–H groups in total. The molecule has 1 atom stereocenters. The number of rotatable bonds is 3. The lowest BCUT2D eigenvalue weighted by molar-refractivity contribution is 0.0942. The number of hydrogen-bond acceptors (Lipinski definition) is 3. The first-order valence-electron chi connectivity index (χ1n) is 6.36.